The van der Waals surface area contributed by atoms with Crippen molar-refractivity contribution in [2.24, 2.45) is 0 Å². The summed E-state index contributed by atoms with van der Waals surface area (Å²) in [5, 5.41) is 0.771. The van der Waals surface area contributed by atoms with Crippen LogP contribution >= 0.6 is 11.8 Å². The van der Waals surface area contributed by atoms with Crippen LogP contribution in [-0.2, 0) is 14.3 Å². The van der Waals surface area contributed by atoms with Gasteiger partial charge >= 0.3 is 11.9 Å². The lowest BCUT2D eigenvalue weighted by atomic mass is 10.1. The molecule has 0 aliphatic carbocycles. The van der Waals surface area contributed by atoms with Crippen molar-refractivity contribution in [2.45, 2.75) is 51.3 Å². The number of carbonyl (C=O) groups excluding carboxylic acids is 2. The Hall–Kier alpha value is -2.41. The molecule has 6 nitrogen and oxygen atoms in total. The fourth-order valence-corrected chi connectivity index (χ4v) is 3.18. The number of carbonyl (C=O) groups is 2. The van der Waals surface area contributed by atoms with Crippen LogP contribution < -0.4 is 0 Å². The second kappa shape index (κ2) is 11.4. The number of hydrogen-bond donors (Lipinski definition) is 0. The molecule has 1 heterocycles. The first kappa shape index (κ1) is 21.9. The van der Waals surface area contributed by atoms with Gasteiger partial charge in [0.2, 0.25) is 0 Å². The third kappa shape index (κ3) is 6.64. The number of rotatable bonds is 10. The summed E-state index contributed by atoms with van der Waals surface area (Å²) in [7, 11) is 0. The molecule has 0 unspecified atom stereocenters. The molecular formula is C21H26N2O4S. The Kier molecular flexibility index (Phi) is 8.94. The molecule has 0 N–H and O–H groups in total. The van der Waals surface area contributed by atoms with Crippen molar-refractivity contribution in [3.8, 4) is 11.1 Å². The molecule has 0 aliphatic heterocycles. The predicted octanol–water partition coefficient (Wildman–Crippen LogP) is 4.53. The summed E-state index contributed by atoms with van der Waals surface area (Å²) in [6.45, 7) is 5.62. The minimum atomic E-state index is -0.942. The number of ether oxygens (including phenoxy) is 2. The number of nitrogens with zero attached hydrogens (tertiary/aromatic N) is 2. The van der Waals surface area contributed by atoms with Gasteiger partial charge in [-0.05, 0) is 38.0 Å². The molecule has 1 aromatic heterocycles. The average molecular weight is 403 g/mol. The summed E-state index contributed by atoms with van der Waals surface area (Å²) in [6, 6.07) is 6.92. The van der Waals surface area contributed by atoms with Gasteiger partial charge in [-0.2, -0.15) is 0 Å². The molecule has 1 aromatic carbocycles. The maximum absolute atomic E-state index is 12.1. The zero-order valence-corrected chi connectivity index (χ0v) is 17.3. The van der Waals surface area contributed by atoms with Gasteiger partial charge in [-0.1, -0.05) is 43.7 Å². The first-order valence-corrected chi connectivity index (χ1v) is 10.5. The fraction of sp³-hybridized carbons (Fsp3) is 0.429. The van der Waals surface area contributed by atoms with E-state index in [0.717, 1.165) is 22.0 Å². The second-order valence-electron chi connectivity index (χ2n) is 6.19. The van der Waals surface area contributed by atoms with Crippen LogP contribution in [-0.4, -0.2) is 40.4 Å². The molecule has 0 saturated carbocycles. The standard InChI is InChI=1S/C21H26N2O4S/c1-4-6-7-12-28-21-22-13-18(14-23-21)16-8-10-17(11-9-16)20(25)27-15(3)19(24)26-5-2/h8-11,13-15H,4-7,12H2,1-3H3/t15-/m0/s1. The van der Waals surface area contributed by atoms with Crippen LogP contribution in [0.5, 0.6) is 0 Å². The van der Waals surface area contributed by atoms with Crippen molar-refractivity contribution in [2.75, 3.05) is 12.4 Å². The van der Waals surface area contributed by atoms with Crippen molar-refractivity contribution in [3.63, 3.8) is 0 Å². The monoisotopic (exact) mass is 402 g/mol. The lowest BCUT2D eigenvalue weighted by Gasteiger charge is -2.12. The summed E-state index contributed by atoms with van der Waals surface area (Å²) < 4.78 is 9.96. The molecule has 150 valence electrons. The molecule has 0 spiro atoms. The van der Waals surface area contributed by atoms with Crippen LogP contribution in [0.4, 0.5) is 0 Å². The van der Waals surface area contributed by atoms with Crippen molar-refractivity contribution in [1.82, 2.24) is 9.97 Å². The molecule has 0 amide bonds. The Balaban J connectivity index is 1.94. The van der Waals surface area contributed by atoms with Gasteiger partial charge in [-0.25, -0.2) is 19.6 Å². The van der Waals surface area contributed by atoms with Crippen molar-refractivity contribution in [1.29, 1.82) is 0 Å². The van der Waals surface area contributed by atoms with E-state index < -0.39 is 18.0 Å². The molecule has 0 fully saturated rings. The Morgan fingerprint density at radius 2 is 1.71 bits per heavy atom. The summed E-state index contributed by atoms with van der Waals surface area (Å²) in [5.41, 5.74) is 2.14. The highest BCUT2D eigenvalue weighted by Gasteiger charge is 2.19. The molecule has 1 atom stereocenters. The van der Waals surface area contributed by atoms with Crippen LogP contribution in [0.1, 0.15) is 50.4 Å². The third-order valence-corrected chi connectivity index (χ3v) is 4.93. The second-order valence-corrected chi connectivity index (χ2v) is 7.25. The maximum Gasteiger partial charge on any atom is 0.347 e. The van der Waals surface area contributed by atoms with E-state index in [-0.39, 0.29) is 6.61 Å². The van der Waals surface area contributed by atoms with E-state index in [4.69, 9.17) is 9.47 Å². The highest BCUT2D eigenvalue weighted by atomic mass is 32.2. The summed E-state index contributed by atoms with van der Waals surface area (Å²) in [6.07, 6.45) is 6.21. The molecule has 0 aliphatic rings. The van der Waals surface area contributed by atoms with E-state index in [1.807, 2.05) is 0 Å². The number of thioether (sulfide) groups is 1. The van der Waals surface area contributed by atoms with E-state index in [1.165, 1.54) is 26.2 Å². The molecule has 28 heavy (non-hydrogen) atoms. The minimum Gasteiger partial charge on any atom is -0.463 e. The maximum atomic E-state index is 12.1. The normalized spacial score (nSPS) is 11.7. The largest absolute Gasteiger partial charge is 0.463 e. The molecule has 0 radical (unpaired) electrons. The molecule has 2 aromatic rings. The topological polar surface area (TPSA) is 78.4 Å². The van der Waals surface area contributed by atoms with Crippen LogP contribution in [0.3, 0.4) is 0 Å². The van der Waals surface area contributed by atoms with Gasteiger partial charge in [-0.3, -0.25) is 0 Å². The minimum absolute atomic E-state index is 0.244. The number of hydrogen-bond acceptors (Lipinski definition) is 7. The predicted molar refractivity (Wildman–Crippen MR) is 109 cm³/mol. The number of esters is 2. The fourth-order valence-electron chi connectivity index (χ4n) is 2.39. The van der Waals surface area contributed by atoms with E-state index in [0.29, 0.717) is 5.56 Å². The highest BCUT2D eigenvalue weighted by Crippen LogP contribution is 2.21. The molecule has 0 saturated heterocycles. The zero-order valence-electron chi connectivity index (χ0n) is 16.5. The first-order chi connectivity index (χ1) is 13.5. The SMILES string of the molecule is CCCCCSc1ncc(-c2ccc(C(=O)O[C@@H](C)C(=O)OCC)cc2)cn1. The van der Waals surface area contributed by atoms with Crippen LogP contribution in [0, 0.1) is 0 Å². The van der Waals surface area contributed by atoms with Gasteiger partial charge in [-0.15, -0.1) is 0 Å². The molecular weight excluding hydrogens is 376 g/mol. The van der Waals surface area contributed by atoms with E-state index in [1.54, 1.807) is 55.3 Å². The Bertz CT molecular complexity index is 763. The van der Waals surface area contributed by atoms with Gasteiger partial charge in [0.15, 0.2) is 11.3 Å². The van der Waals surface area contributed by atoms with Gasteiger partial charge in [0.05, 0.1) is 12.2 Å². The quantitative estimate of drug-likeness (QED) is 0.250. The smallest absolute Gasteiger partial charge is 0.347 e. The van der Waals surface area contributed by atoms with E-state index in [2.05, 4.69) is 16.9 Å². The van der Waals surface area contributed by atoms with E-state index >= 15 is 0 Å². The Labute approximate surface area is 170 Å². The average Bonchev–Trinajstić information content (AvgIpc) is 2.72. The van der Waals surface area contributed by atoms with Crippen LogP contribution in [0.25, 0.3) is 11.1 Å². The van der Waals surface area contributed by atoms with E-state index in [9.17, 15) is 9.59 Å². The van der Waals surface area contributed by atoms with Gasteiger partial charge in [0.1, 0.15) is 0 Å². The van der Waals surface area contributed by atoms with Gasteiger partial charge < -0.3 is 9.47 Å². The first-order valence-electron chi connectivity index (χ1n) is 9.48. The lowest BCUT2D eigenvalue weighted by molar-refractivity contribution is -0.152. The Morgan fingerprint density at radius 3 is 2.32 bits per heavy atom. The lowest BCUT2D eigenvalue weighted by Crippen LogP contribution is -2.26. The van der Waals surface area contributed by atoms with Crippen LogP contribution in [0.2, 0.25) is 0 Å². The van der Waals surface area contributed by atoms with Crippen molar-refractivity contribution in [3.05, 3.63) is 42.2 Å². The zero-order chi connectivity index (χ0) is 20.4. The van der Waals surface area contributed by atoms with Crippen LogP contribution in [0.15, 0.2) is 41.8 Å². The van der Waals surface area contributed by atoms with Gasteiger partial charge in [0.25, 0.3) is 0 Å². The number of benzene rings is 1. The van der Waals surface area contributed by atoms with Gasteiger partial charge in [0, 0.05) is 23.7 Å². The highest BCUT2D eigenvalue weighted by molar-refractivity contribution is 7.99. The number of aromatic nitrogens is 2. The van der Waals surface area contributed by atoms with Crippen molar-refractivity contribution < 1.29 is 19.1 Å². The molecule has 2 rings (SSSR count). The molecule has 7 heteroatoms. The molecule has 0 bridgehead atoms. The number of unbranched alkanes of at least 4 members (excludes halogenated alkanes) is 2. The Morgan fingerprint density at radius 1 is 1.04 bits per heavy atom. The third-order valence-electron chi connectivity index (χ3n) is 3.96. The summed E-state index contributed by atoms with van der Waals surface area (Å²) in [5.74, 6) is -0.103. The van der Waals surface area contributed by atoms with Crippen molar-refractivity contribution >= 4 is 23.7 Å². The summed E-state index contributed by atoms with van der Waals surface area (Å²) in [4.78, 5) is 32.5. The summed E-state index contributed by atoms with van der Waals surface area (Å²) >= 11 is 1.66.